The Kier molecular flexibility index (Phi) is 4.28. The molecule has 0 unspecified atom stereocenters. The molecule has 0 bridgehead atoms. The van der Waals surface area contributed by atoms with Gasteiger partial charge in [0.2, 0.25) is 29.2 Å². The fourth-order valence-electron chi connectivity index (χ4n) is 1.86. The summed E-state index contributed by atoms with van der Waals surface area (Å²) in [7, 11) is 0. The highest BCUT2D eigenvalue weighted by molar-refractivity contribution is 5.52. The van der Waals surface area contributed by atoms with Crippen molar-refractivity contribution in [2.75, 3.05) is 5.32 Å². The van der Waals surface area contributed by atoms with Crippen molar-refractivity contribution in [1.82, 2.24) is 9.97 Å². The summed E-state index contributed by atoms with van der Waals surface area (Å²) in [6.45, 7) is 0. The molecule has 24 heavy (non-hydrogen) atoms. The molecule has 0 saturated carbocycles. The van der Waals surface area contributed by atoms with E-state index in [1.807, 2.05) is 6.07 Å². The van der Waals surface area contributed by atoms with Crippen LogP contribution in [0.3, 0.4) is 0 Å². The van der Waals surface area contributed by atoms with Gasteiger partial charge in [-0.25, -0.2) is 13.8 Å². The molecule has 3 aromatic rings. The normalized spacial score (nSPS) is 10.5. The van der Waals surface area contributed by atoms with Crippen LogP contribution in [0.2, 0.25) is 0 Å². The van der Waals surface area contributed by atoms with Crippen molar-refractivity contribution in [3.8, 4) is 11.6 Å². The van der Waals surface area contributed by atoms with Crippen LogP contribution in [0.4, 0.5) is 29.2 Å². The minimum Gasteiger partial charge on any atom is -0.432 e. The van der Waals surface area contributed by atoms with Crippen molar-refractivity contribution in [3.05, 3.63) is 71.9 Å². The average molecular weight is 335 g/mol. The van der Waals surface area contributed by atoms with Crippen LogP contribution in [0.25, 0.3) is 0 Å². The molecule has 0 aliphatic carbocycles. The molecule has 0 aliphatic heterocycles. The maximum atomic E-state index is 13.6. The lowest BCUT2D eigenvalue weighted by molar-refractivity contribution is 0.358. The number of nitrogens with zero attached hydrogens (tertiary/aromatic N) is 2. The van der Waals surface area contributed by atoms with Crippen molar-refractivity contribution < 1.29 is 22.3 Å². The molecular weight excluding hydrogens is 326 g/mol. The first-order valence-corrected chi connectivity index (χ1v) is 6.70. The topological polar surface area (TPSA) is 47.0 Å². The number of benzene rings is 2. The van der Waals surface area contributed by atoms with E-state index < -0.39 is 29.0 Å². The Bertz CT molecular complexity index is 848. The lowest BCUT2D eigenvalue weighted by Crippen LogP contribution is -2.02. The summed E-state index contributed by atoms with van der Waals surface area (Å²) in [6.07, 6.45) is 1.26. The largest absolute Gasteiger partial charge is 0.432 e. The number of hydrogen-bond acceptors (Lipinski definition) is 4. The molecule has 1 heterocycles. The monoisotopic (exact) mass is 335 g/mol. The zero-order chi connectivity index (χ0) is 17.1. The van der Waals surface area contributed by atoms with Crippen molar-refractivity contribution in [3.63, 3.8) is 0 Å². The van der Waals surface area contributed by atoms with Crippen LogP contribution in [0, 0.1) is 23.3 Å². The summed E-state index contributed by atoms with van der Waals surface area (Å²) in [4.78, 5) is 7.80. The number of anilines is 2. The zero-order valence-corrected chi connectivity index (χ0v) is 11.9. The molecule has 1 N–H and O–H groups in total. The van der Waals surface area contributed by atoms with E-state index in [4.69, 9.17) is 4.74 Å². The van der Waals surface area contributed by atoms with Gasteiger partial charge in [-0.3, -0.25) is 0 Å². The molecular formula is C16H9F4N3O. The van der Waals surface area contributed by atoms with Gasteiger partial charge in [0.1, 0.15) is 0 Å². The highest BCUT2D eigenvalue weighted by atomic mass is 19.2. The van der Waals surface area contributed by atoms with Crippen LogP contribution in [0.1, 0.15) is 0 Å². The van der Waals surface area contributed by atoms with E-state index in [2.05, 4.69) is 15.3 Å². The van der Waals surface area contributed by atoms with Crippen LogP contribution >= 0.6 is 0 Å². The van der Waals surface area contributed by atoms with E-state index >= 15 is 0 Å². The molecule has 0 spiro atoms. The third-order valence-electron chi connectivity index (χ3n) is 2.94. The molecule has 0 saturated heterocycles. The van der Waals surface area contributed by atoms with Crippen LogP contribution in [0.5, 0.6) is 11.6 Å². The lowest BCUT2D eigenvalue weighted by atomic mass is 10.3. The lowest BCUT2D eigenvalue weighted by Gasteiger charge is -2.09. The second kappa shape index (κ2) is 6.53. The third kappa shape index (κ3) is 3.27. The highest BCUT2D eigenvalue weighted by Gasteiger charge is 2.21. The van der Waals surface area contributed by atoms with Crippen molar-refractivity contribution in [2.24, 2.45) is 0 Å². The number of rotatable bonds is 4. The summed E-state index contributed by atoms with van der Waals surface area (Å²) in [5, 5.41) is 2.84. The van der Waals surface area contributed by atoms with Gasteiger partial charge >= 0.3 is 0 Å². The van der Waals surface area contributed by atoms with Gasteiger partial charge in [-0.2, -0.15) is 13.8 Å². The molecule has 1 aromatic heterocycles. The minimum absolute atomic E-state index is 0.0800. The van der Waals surface area contributed by atoms with E-state index in [9.17, 15) is 17.6 Å². The second-order valence-corrected chi connectivity index (χ2v) is 4.61. The molecule has 2 aromatic carbocycles. The first-order chi connectivity index (χ1) is 11.5. The Balaban J connectivity index is 1.88. The molecule has 0 aliphatic rings. The van der Waals surface area contributed by atoms with Gasteiger partial charge in [-0.15, -0.1) is 0 Å². The van der Waals surface area contributed by atoms with E-state index in [1.54, 1.807) is 24.3 Å². The van der Waals surface area contributed by atoms with Gasteiger partial charge in [-0.05, 0) is 12.1 Å². The Morgan fingerprint density at radius 3 is 2.21 bits per heavy atom. The number of hydrogen-bond donors (Lipinski definition) is 1. The molecule has 0 fully saturated rings. The summed E-state index contributed by atoms with van der Waals surface area (Å²) < 4.78 is 58.4. The predicted molar refractivity (Wildman–Crippen MR) is 78.1 cm³/mol. The van der Waals surface area contributed by atoms with E-state index in [0.717, 1.165) is 0 Å². The second-order valence-electron chi connectivity index (χ2n) is 4.61. The number of para-hydroxylation sites is 1. The van der Waals surface area contributed by atoms with E-state index in [0.29, 0.717) is 5.69 Å². The van der Waals surface area contributed by atoms with Gasteiger partial charge in [0.25, 0.3) is 0 Å². The molecule has 3 rings (SSSR count). The van der Waals surface area contributed by atoms with E-state index in [1.165, 1.54) is 12.3 Å². The first-order valence-electron chi connectivity index (χ1n) is 6.70. The Morgan fingerprint density at radius 2 is 1.54 bits per heavy atom. The van der Waals surface area contributed by atoms with Crippen LogP contribution < -0.4 is 10.1 Å². The third-order valence-corrected chi connectivity index (χ3v) is 2.94. The minimum atomic E-state index is -1.65. The van der Waals surface area contributed by atoms with Gasteiger partial charge in [0, 0.05) is 24.0 Å². The quantitative estimate of drug-likeness (QED) is 0.560. The standard InChI is InChI=1S/C16H9F4N3O/c17-10-8-11(18)14(20)15(13(10)19)24-12-6-7-21-16(23-12)22-9-4-2-1-3-5-9/h1-8H,(H,21,22,23). The average Bonchev–Trinajstić information content (AvgIpc) is 2.58. The fraction of sp³-hybridized carbons (Fsp3) is 0. The molecule has 4 nitrogen and oxygen atoms in total. The van der Waals surface area contributed by atoms with Crippen molar-refractivity contribution in [2.45, 2.75) is 0 Å². The first kappa shape index (κ1) is 15.7. The molecule has 0 amide bonds. The Hall–Kier alpha value is -3.16. The van der Waals surface area contributed by atoms with Crippen molar-refractivity contribution >= 4 is 11.6 Å². The molecule has 0 atom stereocenters. The maximum Gasteiger partial charge on any atom is 0.230 e. The van der Waals surface area contributed by atoms with Crippen LogP contribution in [-0.2, 0) is 0 Å². The maximum absolute atomic E-state index is 13.6. The fourth-order valence-corrected chi connectivity index (χ4v) is 1.86. The predicted octanol–water partition coefficient (Wildman–Crippen LogP) is 4.57. The summed E-state index contributed by atoms with van der Waals surface area (Å²) >= 11 is 0. The smallest absolute Gasteiger partial charge is 0.230 e. The Morgan fingerprint density at radius 1 is 0.875 bits per heavy atom. The van der Waals surface area contributed by atoms with Crippen LogP contribution in [0.15, 0.2) is 48.7 Å². The zero-order valence-electron chi connectivity index (χ0n) is 11.9. The van der Waals surface area contributed by atoms with Gasteiger partial charge in [-0.1, -0.05) is 18.2 Å². The number of nitrogens with one attached hydrogen (secondary N) is 1. The summed E-state index contributed by atoms with van der Waals surface area (Å²) in [6, 6.07) is 10.2. The summed E-state index contributed by atoms with van der Waals surface area (Å²) in [5.41, 5.74) is 0.670. The number of ether oxygens (including phenoxy) is 1. The SMILES string of the molecule is Fc1cc(F)c(F)c(Oc2ccnc(Nc3ccccc3)n2)c1F. The van der Waals surface area contributed by atoms with Gasteiger partial charge in [0.05, 0.1) is 0 Å². The van der Waals surface area contributed by atoms with Gasteiger partial charge in [0.15, 0.2) is 11.6 Å². The highest BCUT2D eigenvalue weighted by Crippen LogP contribution is 2.30. The number of aromatic nitrogens is 2. The molecule has 0 radical (unpaired) electrons. The van der Waals surface area contributed by atoms with E-state index in [-0.39, 0.29) is 17.9 Å². The van der Waals surface area contributed by atoms with Crippen LogP contribution in [-0.4, -0.2) is 9.97 Å². The van der Waals surface area contributed by atoms with Crippen molar-refractivity contribution in [1.29, 1.82) is 0 Å². The summed E-state index contributed by atoms with van der Waals surface area (Å²) in [5.74, 6) is -7.85. The van der Waals surface area contributed by atoms with Gasteiger partial charge < -0.3 is 10.1 Å². The molecule has 122 valence electrons. The number of halogens is 4. The molecule has 8 heteroatoms. The Labute approximate surface area is 133 Å².